The van der Waals surface area contributed by atoms with E-state index >= 15 is 0 Å². The van der Waals surface area contributed by atoms with Crippen LogP contribution >= 0.6 is 0 Å². The number of rotatable bonds is 5. The fourth-order valence-electron chi connectivity index (χ4n) is 2.18. The van der Waals surface area contributed by atoms with Gasteiger partial charge in [0.25, 0.3) is 0 Å². The first-order chi connectivity index (χ1) is 10.1. The lowest BCUT2D eigenvalue weighted by Crippen LogP contribution is -2.16. The third kappa shape index (κ3) is 4.35. The standard InChI is InChI=1S/C18H21NO2/c1-13-6-4-9-16(12-13)21-11-10-17(20)19-18-14(2)7-5-8-15(18)3/h4-9,12H,10-11H2,1-3H3,(H,19,20). The number of carbonyl (C=O) groups is 1. The maximum Gasteiger partial charge on any atom is 0.227 e. The molecule has 0 aromatic heterocycles. The summed E-state index contributed by atoms with van der Waals surface area (Å²) in [6.45, 7) is 6.37. The Morgan fingerprint density at radius 3 is 2.38 bits per heavy atom. The van der Waals surface area contributed by atoms with E-state index in [1.807, 2.05) is 63.2 Å². The zero-order valence-corrected chi connectivity index (χ0v) is 12.8. The van der Waals surface area contributed by atoms with Gasteiger partial charge >= 0.3 is 0 Å². The topological polar surface area (TPSA) is 38.3 Å². The molecular formula is C18H21NO2. The lowest BCUT2D eigenvalue weighted by atomic mass is 10.1. The van der Waals surface area contributed by atoms with Crippen molar-refractivity contribution in [3.8, 4) is 5.75 Å². The van der Waals surface area contributed by atoms with E-state index in [0.29, 0.717) is 13.0 Å². The Hall–Kier alpha value is -2.29. The smallest absolute Gasteiger partial charge is 0.227 e. The van der Waals surface area contributed by atoms with Gasteiger partial charge in [-0.2, -0.15) is 0 Å². The van der Waals surface area contributed by atoms with Crippen LogP contribution in [0.2, 0.25) is 0 Å². The average molecular weight is 283 g/mol. The van der Waals surface area contributed by atoms with Crippen LogP contribution in [0.1, 0.15) is 23.1 Å². The number of benzene rings is 2. The second-order valence-electron chi connectivity index (χ2n) is 5.23. The number of hydrogen-bond acceptors (Lipinski definition) is 2. The lowest BCUT2D eigenvalue weighted by molar-refractivity contribution is -0.116. The van der Waals surface area contributed by atoms with Crippen LogP contribution in [0.4, 0.5) is 5.69 Å². The predicted octanol–water partition coefficient (Wildman–Crippen LogP) is 4.02. The molecule has 0 saturated carbocycles. The zero-order chi connectivity index (χ0) is 15.2. The fourth-order valence-corrected chi connectivity index (χ4v) is 2.18. The summed E-state index contributed by atoms with van der Waals surface area (Å²) < 4.78 is 5.59. The zero-order valence-electron chi connectivity index (χ0n) is 12.8. The maximum absolute atomic E-state index is 12.0. The second kappa shape index (κ2) is 6.93. The van der Waals surface area contributed by atoms with Gasteiger partial charge in [0, 0.05) is 5.69 Å². The summed E-state index contributed by atoms with van der Waals surface area (Å²) in [4.78, 5) is 12.0. The van der Waals surface area contributed by atoms with E-state index in [9.17, 15) is 4.79 Å². The van der Waals surface area contributed by atoms with Crippen LogP contribution in [0.5, 0.6) is 5.75 Å². The van der Waals surface area contributed by atoms with E-state index in [4.69, 9.17) is 4.74 Å². The van der Waals surface area contributed by atoms with E-state index < -0.39 is 0 Å². The summed E-state index contributed by atoms with van der Waals surface area (Å²) in [6.07, 6.45) is 0.335. The van der Waals surface area contributed by atoms with Crippen LogP contribution in [-0.2, 0) is 4.79 Å². The molecule has 0 saturated heterocycles. The number of aryl methyl sites for hydroxylation is 3. The SMILES string of the molecule is Cc1cccc(OCCC(=O)Nc2c(C)cccc2C)c1. The van der Waals surface area contributed by atoms with Gasteiger partial charge in [0.05, 0.1) is 13.0 Å². The van der Waals surface area contributed by atoms with Crippen molar-refractivity contribution in [3.05, 3.63) is 59.2 Å². The Morgan fingerprint density at radius 1 is 1.05 bits per heavy atom. The molecule has 2 aromatic carbocycles. The van der Waals surface area contributed by atoms with Crippen LogP contribution in [0.15, 0.2) is 42.5 Å². The van der Waals surface area contributed by atoms with Crippen molar-refractivity contribution in [1.29, 1.82) is 0 Å². The largest absolute Gasteiger partial charge is 0.493 e. The van der Waals surface area contributed by atoms with Gasteiger partial charge in [-0.15, -0.1) is 0 Å². The number of amides is 1. The average Bonchev–Trinajstić information content (AvgIpc) is 2.43. The van der Waals surface area contributed by atoms with E-state index in [1.165, 1.54) is 0 Å². The molecule has 0 bridgehead atoms. The Kier molecular flexibility index (Phi) is 4.99. The molecule has 0 spiro atoms. The van der Waals surface area contributed by atoms with Gasteiger partial charge in [-0.25, -0.2) is 0 Å². The van der Waals surface area contributed by atoms with E-state index in [1.54, 1.807) is 0 Å². The van der Waals surface area contributed by atoms with E-state index in [0.717, 1.165) is 28.1 Å². The highest BCUT2D eigenvalue weighted by Gasteiger charge is 2.07. The van der Waals surface area contributed by atoms with Crippen LogP contribution < -0.4 is 10.1 Å². The molecule has 0 radical (unpaired) electrons. The minimum absolute atomic E-state index is 0.0277. The second-order valence-corrected chi connectivity index (χ2v) is 5.23. The number of carbonyl (C=O) groups excluding carboxylic acids is 1. The molecule has 3 heteroatoms. The Labute approximate surface area is 126 Å². The molecule has 1 amide bonds. The summed E-state index contributed by atoms with van der Waals surface area (Å²) in [6, 6.07) is 13.8. The molecule has 0 fully saturated rings. The molecule has 0 aliphatic rings. The van der Waals surface area contributed by atoms with Crippen molar-refractivity contribution in [2.75, 3.05) is 11.9 Å². The third-order valence-corrected chi connectivity index (χ3v) is 3.33. The van der Waals surface area contributed by atoms with Crippen LogP contribution in [-0.4, -0.2) is 12.5 Å². The van der Waals surface area contributed by atoms with Gasteiger partial charge in [0.2, 0.25) is 5.91 Å². The highest BCUT2D eigenvalue weighted by molar-refractivity contribution is 5.92. The molecule has 0 aliphatic heterocycles. The Morgan fingerprint density at radius 2 is 1.71 bits per heavy atom. The highest BCUT2D eigenvalue weighted by atomic mass is 16.5. The molecule has 0 aliphatic carbocycles. The molecule has 21 heavy (non-hydrogen) atoms. The highest BCUT2D eigenvalue weighted by Crippen LogP contribution is 2.19. The first-order valence-electron chi connectivity index (χ1n) is 7.12. The van der Waals surface area contributed by atoms with Crippen molar-refractivity contribution in [3.63, 3.8) is 0 Å². The lowest BCUT2D eigenvalue weighted by Gasteiger charge is -2.12. The molecule has 3 nitrogen and oxygen atoms in total. The molecule has 0 atom stereocenters. The predicted molar refractivity (Wildman–Crippen MR) is 85.8 cm³/mol. The minimum Gasteiger partial charge on any atom is -0.493 e. The van der Waals surface area contributed by atoms with E-state index in [2.05, 4.69) is 5.32 Å². The Bertz CT molecular complexity index is 615. The molecule has 1 N–H and O–H groups in total. The molecule has 2 rings (SSSR count). The number of nitrogens with one attached hydrogen (secondary N) is 1. The summed E-state index contributed by atoms with van der Waals surface area (Å²) >= 11 is 0. The van der Waals surface area contributed by atoms with Gasteiger partial charge < -0.3 is 10.1 Å². The number of ether oxygens (including phenoxy) is 1. The molecule has 0 unspecified atom stereocenters. The van der Waals surface area contributed by atoms with Crippen molar-refractivity contribution < 1.29 is 9.53 Å². The molecule has 2 aromatic rings. The van der Waals surface area contributed by atoms with Crippen LogP contribution in [0.25, 0.3) is 0 Å². The molecule has 0 heterocycles. The van der Waals surface area contributed by atoms with Crippen LogP contribution in [0.3, 0.4) is 0 Å². The van der Waals surface area contributed by atoms with Crippen molar-refractivity contribution >= 4 is 11.6 Å². The van der Waals surface area contributed by atoms with E-state index in [-0.39, 0.29) is 5.91 Å². The third-order valence-electron chi connectivity index (χ3n) is 3.33. The van der Waals surface area contributed by atoms with Gasteiger partial charge in [-0.3, -0.25) is 4.79 Å². The number of hydrogen-bond donors (Lipinski definition) is 1. The molecular weight excluding hydrogens is 262 g/mol. The fraction of sp³-hybridized carbons (Fsp3) is 0.278. The summed E-state index contributed by atoms with van der Waals surface area (Å²) in [5, 5.41) is 2.96. The van der Waals surface area contributed by atoms with Crippen molar-refractivity contribution in [2.24, 2.45) is 0 Å². The van der Waals surface area contributed by atoms with Gasteiger partial charge in [-0.1, -0.05) is 30.3 Å². The van der Waals surface area contributed by atoms with Crippen molar-refractivity contribution in [2.45, 2.75) is 27.2 Å². The minimum atomic E-state index is -0.0277. The van der Waals surface area contributed by atoms with Crippen LogP contribution in [0, 0.1) is 20.8 Å². The monoisotopic (exact) mass is 283 g/mol. The summed E-state index contributed by atoms with van der Waals surface area (Å²) in [5.41, 5.74) is 4.19. The Balaban J connectivity index is 1.85. The number of para-hydroxylation sites is 1. The maximum atomic E-state index is 12.0. The van der Waals surface area contributed by atoms with Gasteiger partial charge in [0.15, 0.2) is 0 Å². The summed E-state index contributed by atoms with van der Waals surface area (Å²) in [7, 11) is 0. The number of anilines is 1. The first-order valence-corrected chi connectivity index (χ1v) is 7.12. The van der Waals surface area contributed by atoms with Crippen molar-refractivity contribution in [1.82, 2.24) is 0 Å². The first kappa shape index (κ1) is 15.1. The molecule has 110 valence electrons. The van der Waals surface area contributed by atoms with Gasteiger partial charge in [-0.05, 0) is 49.6 Å². The normalized spacial score (nSPS) is 10.2. The quantitative estimate of drug-likeness (QED) is 0.900. The van der Waals surface area contributed by atoms with Gasteiger partial charge in [0.1, 0.15) is 5.75 Å². The summed E-state index contributed by atoms with van der Waals surface area (Å²) in [5.74, 6) is 0.773.